The molecule has 0 aliphatic heterocycles. The van der Waals surface area contributed by atoms with Gasteiger partial charge in [0.25, 0.3) is 0 Å². The van der Waals surface area contributed by atoms with Crippen LogP contribution in [0, 0.1) is 12.7 Å². The van der Waals surface area contributed by atoms with Crippen LogP contribution in [0.3, 0.4) is 0 Å². The van der Waals surface area contributed by atoms with Crippen molar-refractivity contribution in [1.82, 2.24) is 5.32 Å². The molecule has 1 saturated carbocycles. The summed E-state index contributed by atoms with van der Waals surface area (Å²) in [6.07, 6.45) is 2.56. The van der Waals surface area contributed by atoms with Crippen molar-refractivity contribution in [3.63, 3.8) is 0 Å². The van der Waals surface area contributed by atoms with Gasteiger partial charge >= 0.3 is 0 Å². The third kappa shape index (κ3) is 3.02. The summed E-state index contributed by atoms with van der Waals surface area (Å²) in [4.78, 5) is 0. The summed E-state index contributed by atoms with van der Waals surface area (Å²) in [5.41, 5.74) is 4.28. The minimum Gasteiger partial charge on any atom is -0.310 e. The number of halogens is 1. The molecule has 2 aromatic carbocycles. The fraction of sp³-hybridized carbons (Fsp3) is 0.294. The smallest absolute Gasteiger partial charge is 0.124 e. The highest BCUT2D eigenvalue weighted by molar-refractivity contribution is 5.68. The predicted molar refractivity (Wildman–Crippen MR) is 76.4 cm³/mol. The molecule has 1 fully saturated rings. The first kappa shape index (κ1) is 12.4. The Kier molecular flexibility index (Phi) is 3.34. The van der Waals surface area contributed by atoms with E-state index >= 15 is 0 Å². The number of nitrogens with one attached hydrogen (secondary N) is 1. The van der Waals surface area contributed by atoms with Crippen molar-refractivity contribution < 1.29 is 4.39 Å². The molecule has 0 radical (unpaired) electrons. The Balaban J connectivity index is 1.93. The van der Waals surface area contributed by atoms with E-state index in [2.05, 4.69) is 17.4 Å². The molecule has 0 aromatic heterocycles. The van der Waals surface area contributed by atoms with E-state index in [0.29, 0.717) is 6.04 Å². The Morgan fingerprint density at radius 2 is 1.95 bits per heavy atom. The number of hydrogen-bond acceptors (Lipinski definition) is 1. The van der Waals surface area contributed by atoms with Gasteiger partial charge in [0.1, 0.15) is 5.82 Å². The van der Waals surface area contributed by atoms with Crippen molar-refractivity contribution in [1.29, 1.82) is 0 Å². The monoisotopic (exact) mass is 255 g/mol. The molecule has 0 spiro atoms. The zero-order valence-corrected chi connectivity index (χ0v) is 11.1. The molecule has 1 N–H and O–H groups in total. The van der Waals surface area contributed by atoms with E-state index in [4.69, 9.17) is 0 Å². The lowest BCUT2D eigenvalue weighted by molar-refractivity contribution is 0.627. The minimum absolute atomic E-state index is 0.167. The Bertz CT molecular complexity index is 567. The highest BCUT2D eigenvalue weighted by Gasteiger charge is 2.20. The van der Waals surface area contributed by atoms with Gasteiger partial charge in [0.05, 0.1) is 0 Å². The summed E-state index contributed by atoms with van der Waals surface area (Å²) in [5, 5.41) is 3.52. The van der Waals surface area contributed by atoms with Crippen LogP contribution in [0.5, 0.6) is 0 Å². The first-order valence-corrected chi connectivity index (χ1v) is 6.81. The largest absolute Gasteiger partial charge is 0.310 e. The van der Waals surface area contributed by atoms with Crippen LogP contribution in [-0.2, 0) is 6.54 Å². The Morgan fingerprint density at radius 3 is 2.68 bits per heavy atom. The quantitative estimate of drug-likeness (QED) is 0.869. The van der Waals surface area contributed by atoms with Crippen LogP contribution in [-0.4, -0.2) is 6.04 Å². The van der Waals surface area contributed by atoms with Gasteiger partial charge in [-0.25, -0.2) is 4.39 Å². The molecule has 98 valence electrons. The van der Waals surface area contributed by atoms with Crippen LogP contribution in [0.25, 0.3) is 11.1 Å². The van der Waals surface area contributed by atoms with E-state index in [1.165, 1.54) is 18.4 Å². The molecule has 3 rings (SSSR count). The first-order valence-electron chi connectivity index (χ1n) is 6.81. The van der Waals surface area contributed by atoms with Crippen LogP contribution in [0.4, 0.5) is 4.39 Å². The molecule has 19 heavy (non-hydrogen) atoms. The van der Waals surface area contributed by atoms with Crippen LogP contribution in [0.2, 0.25) is 0 Å². The van der Waals surface area contributed by atoms with Crippen molar-refractivity contribution >= 4 is 0 Å². The summed E-state index contributed by atoms with van der Waals surface area (Å²) in [6, 6.07) is 14.1. The molecule has 0 bridgehead atoms. The van der Waals surface area contributed by atoms with Crippen LogP contribution >= 0.6 is 0 Å². The SMILES string of the molecule is Cc1cc(F)cc(-c2ccccc2CNC2CC2)c1. The van der Waals surface area contributed by atoms with Gasteiger partial charge in [0, 0.05) is 12.6 Å². The maximum atomic E-state index is 13.6. The molecule has 0 saturated heterocycles. The van der Waals surface area contributed by atoms with Gasteiger partial charge in [-0.3, -0.25) is 0 Å². The molecule has 0 heterocycles. The molecular formula is C17H18FN. The zero-order valence-electron chi connectivity index (χ0n) is 11.1. The Morgan fingerprint density at radius 1 is 1.16 bits per heavy atom. The third-order valence-electron chi connectivity index (χ3n) is 3.53. The summed E-state index contributed by atoms with van der Waals surface area (Å²) in [6.45, 7) is 2.79. The lowest BCUT2D eigenvalue weighted by atomic mass is 9.98. The molecule has 0 atom stereocenters. The van der Waals surface area contributed by atoms with Crippen LogP contribution in [0.15, 0.2) is 42.5 Å². The van der Waals surface area contributed by atoms with Crippen molar-refractivity contribution in [2.24, 2.45) is 0 Å². The second kappa shape index (κ2) is 5.14. The normalized spacial score (nSPS) is 14.6. The summed E-state index contributed by atoms with van der Waals surface area (Å²) in [7, 11) is 0. The van der Waals surface area contributed by atoms with Gasteiger partial charge in [0.15, 0.2) is 0 Å². The molecule has 0 unspecified atom stereocenters. The fourth-order valence-electron chi connectivity index (χ4n) is 2.39. The van der Waals surface area contributed by atoms with E-state index in [0.717, 1.165) is 23.2 Å². The van der Waals surface area contributed by atoms with Gasteiger partial charge in [-0.2, -0.15) is 0 Å². The summed E-state index contributed by atoms with van der Waals surface area (Å²) >= 11 is 0. The van der Waals surface area contributed by atoms with Crippen molar-refractivity contribution in [3.8, 4) is 11.1 Å². The minimum atomic E-state index is -0.167. The predicted octanol–water partition coefficient (Wildman–Crippen LogP) is 4.05. The zero-order chi connectivity index (χ0) is 13.2. The average Bonchev–Trinajstić information content (AvgIpc) is 3.19. The maximum Gasteiger partial charge on any atom is 0.124 e. The Hall–Kier alpha value is -1.67. The molecule has 2 aromatic rings. The van der Waals surface area contributed by atoms with Gasteiger partial charge in [-0.1, -0.05) is 30.3 Å². The first-order chi connectivity index (χ1) is 9.22. The third-order valence-corrected chi connectivity index (χ3v) is 3.53. The highest BCUT2D eigenvalue weighted by Crippen LogP contribution is 2.27. The molecule has 1 aliphatic carbocycles. The van der Waals surface area contributed by atoms with E-state index < -0.39 is 0 Å². The lowest BCUT2D eigenvalue weighted by Gasteiger charge is -2.11. The fourth-order valence-corrected chi connectivity index (χ4v) is 2.39. The van der Waals surface area contributed by atoms with Gasteiger partial charge in [0.2, 0.25) is 0 Å². The highest BCUT2D eigenvalue weighted by atomic mass is 19.1. The molecule has 2 heteroatoms. The van der Waals surface area contributed by atoms with Crippen molar-refractivity contribution in [2.75, 3.05) is 0 Å². The second-order valence-electron chi connectivity index (χ2n) is 5.33. The topological polar surface area (TPSA) is 12.0 Å². The van der Waals surface area contributed by atoms with Gasteiger partial charge in [-0.15, -0.1) is 0 Å². The molecule has 0 amide bonds. The summed E-state index contributed by atoms with van der Waals surface area (Å²) < 4.78 is 13.6. The van der Waals surface area contributed by atoms with Gasteiger partial charge in [-0.05, 0) is 54.2 Å². The van der Waals surface area contributed by atoms with Crippen LogP contribution < -0.4 is 5.32 Å². The number of aryl methyl sites for hydroxylation is 1. The average molecular weight is 255 g/mol. The maximum absolute atomic E-state index is 13.6. The lowest BCUT2D eigenvalue weighted by Crippen LogP contribution is -2.15. The van der Waals surface area contributed by atoms with E-state index in [-0.39, 0.29) is 5.82 Å². The number of benzene rings is 2. The number of hydrogen-bond donors (Lipinski definition) is 1. The standard InChI is InChI=1S/C17H18FN/c1-12-8-14(10-15(18)9-12)17-5-3-2-4-13(17)11-19-16-6-7-16/h2-5,8-10,16,19H,6-7,11H2,1H3. The second-order valence-corrected chi connectivity index (χ2v) is 5.33. The number of rotatable bonds is 4. The summed E-state index contributed by atoms with van der Waals surface area (Å²) in [5.74, 6) is -0.167. The molecular weight excluding hydrogens is 237 g/mol. The van der Waals surface area contributed by atoms with Crippen LogP contribution in [0.1, 0.15) is 24.0 Å². The van der Waals surface area contributed by atoms with Crippen molar-refractivity contribution in [2.45, 2.75) is 32.4 Å². The molecule has 1 nitrogen and oxygen atoms in total. The van der Waals surface area contributed by atoms with Gasteiger partial charge < -0.3 is 5.32 Å². The van der Waals surface area contributed by atoms with E-state index in [9.17, 15) is 4.39 Å². The Labute approximate surface area is 113 Å². The van der Waals surface area contributed by atoms with Crippen molar-refractivity contribution in [3.05, 3.63) is 59.4 Å². The van der Waals surface area contributed by atoms with E-state index in [1.54, 1.807) is 12.1 Å². The molecule has 1 aliphatic rings. The van der Waals surface area contributed by atoms with E-state index in [1.807, 2.05) is 25.1 Å².